The molecule has 1 N–H and O–H groups in total. The van der Waals surface area contributed by atoms with Crippen LogP contribution in [0.3, 0.4) is 0 Å². The van der Waals surface area contributed by atoms with Crippen molar-refractivity contribution in [3.63, 3.8) is 0 Å². The number of nitrogens with one attached hydrogen (secondary N) is 1. The lowest BCUT2D eigenvalue weighted by Gasteiger charge is -2.11. The zero-order valence-corrected chi connectivity index (χ0v) is 12.8. The number of hydrogen-bond donors (Lipinski definition) is 1. The molecule has 0 saturated carbocycles. The summed E-state index contributed by atoms with van der Waals surface area (Å²) in [6, 6.07) is 12.8. The molecule has 2 rings (SSSR count). The van der Waals surface area contributed by atoms with E-state index in [1.54, 1.807) is 24.3 Å². The molecule has 2 aromatic carbocycles. The standard InChI is InChI=1S/C17H14F2N2O3/c1-23-15-8-13(5-6-14(15)24-17(18)19)16(22)21-10-12-4-2-3-11(7-12)9-20/h2-8,17H,10H2,1H3,(H,21,22). The fourth-order valence-electron chi connectivity index (χ4n) is 2.04. The number of rotatable bonds is 6. The van der Waals surface area contributed by atoms with Crippen molar-refractivity contribution in [2.24, 2.45) is 0 Å². The van der Waals surface area contributed by atoms with Crippen LogP contribution in [0.15, 0.2) is 42.5 Å². The van der Waals surface area contributed by atoms with Crippen LogP contribution < -0.4 is 14.8 Å². The Labute approximate surface area is 137 Å². The fraction of sp³-hybridized carbons (Fsp3) is 0.176. The zero-order valence-electron chi connectivity index (χ0n) is 12.8. The number of alkyl halides is 2. The molecule has 0 spiro atoms. The van der Waals surface area contributed by atoms with Crippen LogP contribution in [-0.4, -0.2) is 19.6 Å². The summed E-state index contributed by atoms with van der Waals surface area (Å²) in [6.07, 6.45) is 0. The number of carbonyl (C=O) groups is 1. The summed E-state index contributed by atoms with van der Waals surface area (Å²) in [5.74, 6) is -0.514. The number of amides is 1. The van der Waals surface area contributed by atoms with Crippen LogP contribution in [-0.2, 0) is 6.54 Å². The SMILES string of the molecule is COc1cc(C(=O)NCc2cccc(C#N)c2)ccc1OC(F)F. The number of benzene rings is 2. The number of hydrogen-bond acceptors (Lipinski definition) is 4. The maximum Gasteiger partial charge on any atom is 0.387 e. The minimum absolute atomic E-state index is 0.0365. The van der Waals surface area contributed by atoms with E-state index in [9.17, 15) is 13.6 Å². The van der Waals surface area contributed by atoms with Crippen molar-refractivity contribution in [3.8, 4) is 17.6 Å². The van der Waals surface area contributed by atoms with E-state index in [4.69, 9.17) is 10.00 Å². The van der Waals surface area contributed by atoms with Gasteiger partial charge in [-0.15, -0.1) is 0 Å². The van der Waals surface area contributed by atoms with Gasteiger partial charge in [-0.3, -0.25) is 4.79 Å². The predicted octanol–water partition coefficient (Wildman–Crippen LogP) is 3.10. The highest BCUT2D eigenvalue weighted by atomic mass is 19.3. The molecule has 24 heavy (non-hydrogen) atoms. The van der Waals surface area contributed by atoms with E-state index in [0.717, 1.165) is 5.56 Å². The Morgan fingerprint density at radius 3 is 2.71 bits per heavy atom. The quantitative estimate of drug-likeness (QED) is 0.882. The first-order chi connectivity index (χ1) is 11.5. The van der Waals surface area contributed by atoms with Crippen LogP contribution >= 0.6 is 0 Å². The van der Waals surface area contributed by atoms with Gasteiger partial charge in [0.05, 0.1) is 18.7 Å². The fourth-order valence-corrected chi connectivity index (χ4v) is 2.04. The van der Waals surface area contributed by atoms with Gasteiger partial charge in [0.2, 0.25) is 0 Å². The van der Waals surface area contributed by atoms with Gasteiger partial charge in [0.15, 0.2) is 11.5 Å². The van der Waals surface area contributed by atoms with E-state index in [-0.39, 0.29) is 23.6 Å². The van der Waals surface area contributed by atoms with Crippen LogP contribution in [0.25, 0.3) is 0 Å². The number of ether oxygens (including phenoxy) is 2. The first-order valence-electron chi connectivity index (χ1n) is 6.93. The van der Waals surface area contributed by atoms with Gasteiger partial charge in [0.25, 0.3) is 5.91 Å². The van der Waals surface area contributed by atoms with Crippen molar-refractivity contribution in [3.05, 3.63) is 59.2 Å². The van der Waals surface area contributed by atoms with E-state index in [2.05, 4.69) is 10.1 Å². The minimum atomic E-state index is -2.98. The Morgan fingerprint density at radius 1 is 1.25 bits per heavy atom. The van der Waals surface area contributed by atoms with Gasteiger partial charge in [0, 0.05) is 12.1 Å². The van der Waals surface area contributed by atoms with Crippen LogP contribution in [0.2, 0.25) is 0 Å². The molecule has 0 aliphatic rings. The number of carbonyl (C=O) groups excluding carboxylic acids is 1. The van der Waals surface area contributed by atoms with Gasteiger partial charge in [-0.25, -0.2) is 0 Å². The molecule has 0 aromatic heterocycles. The molecule has 0 saturated heterocycles. The summed E-state index contributed by atoms with van der Waals surface area (Å²) < 4.78 is 33.8. The predicted molar refractivity (Wildman–Crippen MR) is 82.0 cm³/mol. The Morgan fingerprint density at radius 2 is 2.04 bits per heavy atom. The van der Waals surface area contributed by atoms with Crippen LogP contribution in [0, 0.1) is 11.3 Å². The molecule has 2 aromatic rings. The number of nitrogens with zero attached hydrogens (tertiary/aromatic N) is 1. The van der Waals surface area contributed by atoms with Crippen molar-refractivity contribution in [1.29, 1.82) is 5.26 Å². The minimum Gasteiger partial charge on any atom is -0.493 e. The normalized spacial score (nSPS) is 10.1. The third-order valence-electron chi connectivity index (χ3n) is 3.15. The van der Waals surface area contributed by atoms with Crippen LogP contribution in [0.5, 0.6) is 11.5 Å². The first-order valence-corrected chi connectivity index (χ1v) is 6.93. The third kappa shape index (κ3) is 4.43. The highest BCUT2D eigenvalue weighted by molar-refractivity contribution is 5.94. The monoisotopic (exact) mass is 332 g/mol. The molecular weight excluding hydrogens is 318 g/mol. The number of nitriles is 1. The molecular formula is C17H14F2N2O3. The molecule has 0 unspecified atom stereocenters. The molecule has 0 bridgehead atoms. The Kier molecular flexibility index (Phi) is 5.68. The van der Waals surface area contributed by atoms with Gasteiger partial charge in [-0.2, -0.15) is 14.0 Å². The molecule has 5 nitrogen and oxygen atoms in total. The Balaban J connectivity index is 2.08. The lowest BCUT2D eigenvalue weighted by molar-refractivity contribution is -0.0512. The second kappa shape index (κ2) is 7.92. The van der Waals surface area contributed by atoms with E-state index in [1.165, 1.54) is 25.3 Å². The topological polar surface area (TPSA) is 71.3 Å². The van der Waals surface area contributed by atoms with Gasteiger partial charge in [-0.1, -0.05) is 12.1 Å². The second-order valence-corrected chi connectivity index (χ2v) is 4.74. The molecule has 0 radical (unpaired) electrons. The molecule has 0 aliphatic heterocycles. The smallest absolute Gasteiger partial charge is 0.387 e. The van der Waals surface area contributed by atoms with Crippen molar-refractivity contribution in [1.82, 2.24) is 5.32 Å². The average Bonchev–Trinajstić information content (AvgIpc) is 2.59. The second-order valence-electron chi connectivity index (χ2n) is 4.74. The van der Waals surface area contributed by atoms with Gasteiger partial charge < -0.3 is 14.8 Å². The summed E-state index contributed by atoms with van der Waals surface area (Å²) in [7, 11) is 1.29. The van der Waals surface area contributed by atoms with Crippen LogP contribution in [0.4, 0.5) is 8.78 Å². The summed E-state index contributed by atoms with van der Waals surface area (Å²) in [6.45, 7) is -2.75. The molecule has 0 atom stereocenters. The highest BCUT2D eigenvalue weighted by Gasteiger charge is 2.14. The highest BCUT2D eigenvalue weighted by Crippen LogP contribution is 2.29. The summed E-state index contributed by atoms with van der Waals surface area (Å²) >= 11 is 0. The molecule has 124 valence electrons. The maximum atomic E-state index is 12.3. The number of methoxy groups -OCH3 is 1. The van der Waals surface area contributed by atoms with Crippen molar-refractivity contribution in [2.45, 2.75) is 13.2 Å². The summed E-state index contributed by atoms with van der Waals surface area (Å²) in [5.41, 5.74) is 1.51. The lowest BCUT2D eigenvalue weighted by atomic mass is 10.1. The molecule has 1 amide bonds. The van der Waals surface area contributed by atoms with Crippen molar-refractivity contribution in [2.75, 3.05) is 7.11 Å². The van der Waals surface area contributed by atoms with Crippen molar-refractivity contribution >= 4 is 5.91 Å². The maximum absolute atomic E-state index is 12.3. The lowest BCUT2D eigenvalue weighted by Crippen LogP contribution is -2.22. The van der Waals surface area contributed by atoms with E-state index in [1.807, 2.05) is 6.07 Å². The van der Waals surface area contributed by atoms with E-state index < -0.39 is 12.5 Å². The Hall–Kier alpha value is -3.14. The van der Waals surface area contributed by atoms with E-state index >= 15 is 0 Å². The summed E-state index contributed by atoms with van der Waals surface area (Å²) in [4.78, 5) is 12.2. The van der Waals surface area contributed by atoms with Crippen LogP contribution in [0.1, 0.15) is 21.5 Å². The Bertz CT molecular complexity index is 773. The van der Waals surface area contributed by atoms with Crippen molar-refractivity contribution < 1.29 is 23.0 Å². The zero-order chi connectivity index (χ0) is 17.5. The third-order valence-corrected chi connectivity index (χ3v) is 3.15. The largest absolute Gasteiger partial charge is 0.493 e. The molecule has 0 aliphatic carbocycles. The summed E-state index contributed by atoms with van der Waals surface area (Å²) in [5, 5.41) is 11.5. The molecule has 7 heteroatoms. The first kappa shape index (κ1) is 17.2. The van der Waals surface area contributed by atoms with Gasteiger partial charge >= 0.3 is 6.61 Å². The number of halogens is 2. The van der Waals surface area contributed by atoms with Gasteiger partial charge in [0.1, 0.15) is 0 Å². The molecule has 0 fully saturated rings. The van der Waals surface area contributed by atoms with E-state index in [0.29, 0.717) is 5.56 Å². The molecule has 0 heterocycles. The average molecular weight is 332 g/mol. The van der Waals surface area contributed by atoms with Gasteiger partial charge in [-0.05, 0) is 35.9 Å².